The first-order chi connectivity index (χ1) is 10.3. The Morgan fingerprint density at radius 3 is 2.81 bits per heavy atom. The summed E-state index contributed by atoms with van der Waals surface area (Å²) in [5.74, 6) is 1.62. The van der Waals surface area contributed by atoms with Crippen molar-refractivity contribution >= 4 is 0 Å². The van der Waals surface area contributed by atoms with E-state index in [0.29, 0.717) is 12.0 Å². The Hall–Kier alpha value is -1.01. The van der Waals surface area contributed by atoms with E-state index < -0.39 is 0 Å². The monoisotopic (exact) mass is 294 g/mol. The summed E-state index contributed by atoms with van der Waals surface area (Å²) in [6.45, 7) is 8.00. The van der Waals surface area contributed by atoms with Crippen molar-refractivity contribution in [1.29, 1.82) is 0 Å². The summed E-state index contributed by atoms with van der Waals surface area (Å²) in [6.07, 6.45) is 7.45. The largest absolute Gasteiger partial charge is 0.330 e. The lowest BCUT2D eigenvalue weighted by Gasteiger charge is -2.38. The molecule has 21 heavy (non-hydrogen) atoms. The van der Waals surface area contributed by atoms with Gasteiger partial charge in [0.05, 0.1) is 6.54 Å². The molecule has 2 atom stereocenters. The molecule has 1 aromatic rings. The zero-order valence-corrected chi connectivity index (χ0v) is 13.5. The number of hydrogen-bond acceptors (Lipinski definition) is 5. The second-order valence-corrected chi connectivity index (χ2v) is 6.08. The van der Waals surface area contributed by atoms with Crippen LogP contribution in [0.15, 0.2) is 0 Å². The van der Waals surface area contributed by atoms with E-state index in [2.05, 4.69) is 34.3 Å². The Morgan fingerprint density at radius 1 is 1.29 bits per heavy atom. The maximum absolute atomic E-state index is 5.98. The van der Waals surface area contributed by atoms with Gasteiger partial charge in [-0.15, -0.1) is 5.10 Å². The van der Waals surface area contributed by atoms with Crippen LogP contribution in [0, 0.1) is 5.92 Å². The SMILES string of the molecule is CCCCn1nnnc1CN(CC)C1CCCCC1CN. The van der Waals surface area contributed by atoms with Gasteiger partial charge >= 0.3 is 0 Å². The third-order valence-corrected chi connectivity index (χ3v) is 4.72. The Labute approximate surface area is 128 Å². The number of hydrogen-bond donors (Lipinski definition) is 1. The van der Waals surface area contributed by atoms with Gasteiger partial charge in [0.15, 0.2) is 5.82 Å². The van der Waals surface area contributed by atoms with Crippen LogP contribution in [-0.4, -0.2) is 44.2 Å². The zero-order valence-electron chi connectivity index (χ0n) is 13.5. The van der Waals surface area contributed by atoms with Gasteiger partial charge in [-0.1, -0.05) is 33.1 Å². The van der Waals surface area contributed by atoms with Crippen LogP contribution in [0.3, 0.4) is 0 Å². The molecule has 0 saturated heterocycles. The standard InChI is InChI=1S/C15H30N6/c1-3-5-10-21-15(17-18-19-21)12-20(4-2)14-9-7-6-8-13(14)11-16/h13-14H,3-12,16H2,1-2H3. The average Bonchev–Trinajstić information content (AvgIpc) is 2.97. The molecule has 1 fully saturated rings. The summed E-state index contributed by atoms with van der Waals surface area (Å²) >= 11 is 0. The van der Waals surface area contributed by atoms with Crippen LogP contribution in [0.4, 0.5) is 0 Å². The van der Waals surface area contributed by atoms with Crippen LogP contribution >= 0.6 is 0 Å². The van der Waals surface area contributed by atoms with E-state index in [1.807, 2.05) is 4.68 Å². The molecule has 2 N–H and O–H groups in total. The number of aryl methyl sites for hydroxylation is 1. The fourth-order valence-corrected chi connectivity index (χ4v) is 3.41. The zero-order chi connectivity index (χ0) is 15.1. The van der Waals surface area contributed by atoms with Crippen molar-refractivity contribution in [3.8, 4) is 0 Å². The molecule has 6 nitrogen and oxygen atoms in total. The highest BCUT2D eigenvalue weighted by Crippen LogP contribution is 2.28. The van der Waals surface area contributed by atoms with E-state index in [1.165, 1.54) is 25.7 Å². The van der Waals surface area contributed by atoms with Crippen LogP contribution < -0.4 is 5.73 Å². The molecule has 0 spiro atoms. The Balaban J connectivity index is 2.02. The molecule has 2 unspecified atom stereocenters. The lowest BCUT2D eigenvalue weighted by Crippen LogP contribution is -2.45. The van der Waals surface area contributed by atoms with E-state index in [0.717, 1.165) is 44.8 Å². The van der Waals surface area contributed by atoms with Crippen LogP contribution in [0.5, 0.6) is 0 Å². The summed E-state index contributed by atoms with van der Waals surface area (Å²) in [6, 6.07) is 0.588. The molecule has 0 bridgehead atoms. The highest BCUT2D eigenvalue weighted by Gasteiger charge is 2.29. The Bertz CT molecular complexity index is 405. The van der Waals surface area contributed by atoms with E-state index in [-0.39, 0.29) is 0 Å². The number of rotatable bonds is 8. The van der Waals surface area contributed by atoms with E-state index in [1.54, 1.807) is 0 Å². The topological polar surface area (TPSA) is 72.9 Å². The van der Waals surface area contributed by atoms with Crippen LogP contribution in [0.25, 0.3) is 0 Å². The molecule has 0 amide bonds. The van der Waals surface area contributed by atoms with Crippen molar-refractivity contribution in [2.75, 3.05) is 13.1 Å². The summed E-state index contributed by atoms with van der Waals surface area (Å²) in [5, 5.41) is 12.2. The smallest absolute Gasteiger partial charge is 0.165 e. The molecule has 1 aliphatic carbocycles. The van der Waals surface area contributed by atoms with Crippen LogP contribution in [0.1, 0.15) is 58.2 Å². The van der Waals surface area contributed by atoms with Crippen LogP contribution in [-0.2, 0) is 13.1 Å². The van der Waals surface area contributed by atoms with E-state index in [4.69, 9.17) is 5.73 Å². The maximum atomic E-state index is 5.98. The van der Waals surface area contributed by atoms with Gasteiger partial charge in [0.25, 0.3) is 0 Å². The molecule has 1 aromatic heterocycles. The summed E-state index contributed by atoms with van der Waals surface area (Å²) in [7, 11) is 0. The minimum atomic E-state index is 0.588. The second kappa shape index (κ2) is 8.44. The molecular formula is C15H30N6. The fourth-order valence-electron chi connectivity index (χ4n) is 3.41. The highest BCUT2D eigenvalue weighted by molar-refractivity contribution is 4.88. The van der Waals surface area contributed by atoms with Crippen molar-refractivity contribution in [1.82, 2.24) is 25.1 Å². The van der Waals surface area contributed by atoms with Gasteiger partial charge in [0.2, 0.25) is 0 Å². The summed E-state index contributed by atoms with van der Waals surface area (Å²) in [5.41, 5.74) is 5.98. The number of tetrazole rings is 1. The normalized spacial score (nSPS) is 22.9. The summed E-state index contributed by atoms with van der Waals surface area (Å²) in [4.78, 5) is 2.52. The third kappa shape index (κ3) is 4.23. The lowest BCUT2D eigenvalue weighted by atomic mass is 9.83. The highest BCUT2D eigenvalue weighted by atomic mass is 15.5. The molecule has 1 saturated carbocycles. The molecular weight excluding hydrogens is 264 g/mol. The predicted molar refractivity (Wildman–Crippen MR) is 83.6 cm³/mol. The average molecular weight is 294 g/mol. The summed E-state index contributed by atoms with van der Waals surface area (Å²) < 4.78 is 1.96. The first kappa shape index (κ1) is 16.4. The van der Waals surface area contributed by atoms with E-state index >= 15 is 0 Å². The maximum Gasteiger partial charge on any atom is 0.165 e. The molecule has 6 heteroatoms. The molecule has 2 rings (SSSR count). The van der Waals surface area contributed by atoms with Crippen molar-refractivity contribution in [2.24, 2.45) is 11.7 Å². The lowest BCUT2D eigenvalue weighted by molar-refractivity contribution is 0.101. The number of aromatic nitrogens is 4. The Morgan fingerprint density at radius 2 is 2.10 bits per heavy atom. The predicted octanol–water partition coefficient (Wildman–Crippen LogP) is 1.81. The molecule has 0 radical (unpaired) electrons. The fraction of sp³-hybridized carbons (Fsp3) is 0.933. The van der Waals surface area contributed by atoms with Crippen LogP contribution in [0.2, 0.25) is 0 Å². The van der Waals surface area contributed by atoms with E-state index in [9.17, 15) is 0 Å². The molecule has 0 aromatic carbocycles. The minimum absolute atomic E-state index is 0.588. The van der Waals surface area contributed by atoms with Crippen molar-refractivity contribution in [3.05, 3.63) is 5.82 Å². The quantitative estimate of drug-likeness (QED) is 0.791. The van der Waals surface area contributed by atoms with Gasteiger partial charge in [0, 0.05) is 12.6 Å². The van der Waals surface area contributed by atoms with Gasteiger partial charge in [-0.05, 0) is 48.7 Å². The molecule has 120 valence electrons. The second-order valence-electron chi connectivity index (χ2n) is 6.08. The number of nitrogens with two attached hydrogens (primary N) is 1. The van der Waals surface area contributed by atoms with Gasteiger partial charge in [0.1, 0.15) is 0 Å². The molecule has 1 aliphatic rings. The Kier molecular flexibility index (Phi) is 6.57. The van der Waals surface area contributed by atoms with Gasteiger partial charge in [-0.2, -0.15) is 0 Å². The first-order valence-electron chi connectivity index (χ1n) is 8.49. The van der Waals surface area contributed by atoms with Gasteiger partial charge in [-0.25, -0.2) is 4.68 Å². The van der Waals surface area contributed by atoms with Gasteiger partial charge < -0.3 is 5.73 Å². The third-order valence-electron chi connectivity index (χ3n) is 4.72. The van der Waals surface area contributed by atoms with Crippen molar-refractivity contribution < 1.29 is 0 Å². The number of nitrogens with zero attached hydrogens (tertiary/aromatic N) is 5. The number of unbranched alkanes of at least 4 members (excludes halogenated alkanes) is 1. The first-order valence-corrected chi connectivity index (χ1v) is 8.49. The molecule has 1 heterocycles. The molecule has 0 aliphatic heterocycles. The minimum Gasteiger partial charge on any atom is -0.330 e. The van der Waals surface area contributed by atoms with Crippen molar-refractivity contribution in [3.63, 3.8) is 0 Å². The van der Waals surface area contributed by atoms with Crippen molar-refractivity contribution in [2.45, 2.75) is 71.5 Å². The van der Waals surface area contributed by atoms with Gasteiger partial charge in [-0.3, -0.25) is 4.90 Å².